The van der Waals surface area contributed by atoms with Crippen molar-refractivity contribution in [1.29, 1.82) is 0 Å². The summed E-state index contributed by atoms with van der Waals surface area (Å²) < 4.78 is 34.8. The minimum absolute atomic E-state index is 0.0466. The van der Waals surface area contributed by atoms with E-state index < -0.39 is 33.3 Å². The van der Waals surface area contributed by atoms with Crippen LogP contribution in [0.2, 0.25) is 0 Å². The topological polar surface area (TPSA) is 110 Å². The largest absolute Gasteiger partial charge is 0.480 e. The van der Waals surface area contributed by atoms with Crippen molar-refractivity contribution < 1.29 is 32.6 Å². The van der Waals surface area contributed by atoms with Crippen LogP contribution in [0.3, 0.4) is 0 Å². The molecule has 0 spiro atoms. The molecule has 19 heavy (non-hydrogen) atoms. The summed E-state index contributed by atoms with van der Waals surface area (Å²) in [7, 11) is -2.71. The molecule has 0 aromatic heterocycles. The zero-order valence-electron chi connectivity index (χ0n) is 10.7. The zero-order valence-corrected chi connectivity index (χ0v) is 11.6. The summed E-state index contributed by atoms with van der Waals surface area (Å²) in [5.74, 6) is -1.91. The molecular formula is C10H17NO7S. The highest BCUT2D eigenvalue weighted by molar-refractivity contribution is 7.90. The number of hydrogen-bond acceptors (Lipinski definition) is 6. The molecule has 2 atom stereocenters. The molecule has 1 saturated heterocycles. The lowest BCUT2D eigenvalue weighted by Gasteiger charge is -2.32. The van der Waals surface area contributed by atoms with Crippen molar-refractivity contribution in [2.45, 2.75) is 24.7 Å². The van der Waals surface area contributed by atoms with E-state index in [9.17, 15) is 18.0 Å². The minimum atomic E-state index is -3.94. The number of methoxy groups -OCH3 is 1. The molecule has 1 rings (SSSR count). The van der Waals surface area contributed by atoms with Gasteiger partial charge in [0.1, 0.15) is 0 Å². The van der Waals surface area contributed by atoms with Crippen molar-refractivity contribution in [2.24, 2.45) is 0 Å². The third kappa shape index (κ3) is 3.88. The summed E-state index contributed by atoms with van der Waals surface area (Å²) in [5.41, 5.74) is 0. The van der Waals surface area contributed by atoms with Crippen molar-refractivity contribution in [3.63, 3.8) is 0 Å². The third-order valence-electron chi connectivity index (χ3n) is 2.88. The molecule has 0 bridgehead atoms. The molecule has 110 valence electrons. The molecule has 1 aliphatic heterocycles. The maximum atomic E-state index is 12.0. The molecule has 1 fully saturated rings. The van der Waals surface area contributed by atoms with E-state index in [0.717, 1.165) is 11.2 Å². The van der Waals surface area contributed by atoms with Gasteiger partial charge in [0.25, 0.3) is 0 Å². The van der Waals surface area contributed by atoms with E-state index in [4.69, 9.17) is 9.84 Å². The van der Waals surface area contributed by atoms with Crippen LogP contribution in [0.1, 0.15) is 13.3 Å². The van der Waals surface area contributed by atoms with E-state index in [1.807, 2.05) is 0 Å². The van der Waals surface area contributed by atoms with Crippen LogP contribution in [-0.2, 0) is 29.1 Å². The zero-order chi connectivity index (χ0) is 14.6. The Hall–Kier alpha value is -1.19. The molecule has 8 nitrogen and oxygen atoms in total. The highest BCUT2D eigenvalue weighted by atomic mass is 32.2. The van der Waals surface area contributed by atoms with Crippen LogP contribution in [0.15, 0.2) is 0 Å². The van der Waals surface area contributed by atoms with Gasteiger partial charge >= 0.3 is 11.9 Å². The maximum Gasteiger partial charge on any atom is 0.323 e. The Balaban J connectivity index is 2.74. The van der Waals surface area contributed by atoms with Gasteiger partial charge in [-0.05, 0) is 6.92 Å². The Morgan fingerprint density at radius 1 is 1.53 bits per heavy atom. The number of sulfonamides is 1. The standard InChI is InChI=1S/C10H17NO7S/c1-7(10(13)14)19(15,16)11-3-4-18-8(6-11)5-9(12)17-2/h7-8H,3-6H2,1-2H3,(H,13,14). The highest BCUT2D eigenvalue weighted by Crippen LogP contribution is 2.16. The van der Waals surface area contributed by atoms with Crippen LogP contribution in [0, 0.1) is 0 Å². The Kier molecular flexibility index (Phi) is 5.27. The van der Waals surface area contributed by atoms with Crippen LogP contribution < -0.4 is 0 Å². The highest BCUT2D eigenvalue weighted by Gasteiger charge is 2.37. The average Bonchev–Trinajstić information content (AvgIpc) is 2.37. The number of carboxylic acid groups (broad SMARTS) is 1. The molecule has 0 saturated carbocycles. The van der Waals surface area contributed by atoms with E-state index in [-0.39, 0.29) is 26.1 Å². The smallest absolute Gasteiger partial charge is 0.323 e. The molecule has 0 aromatic carbocycles. The number of rotatable bonds is 5. The SMILES string of the molecule is COC(=O)CC1CN(S(=O)(=O)C(C)C(=O)O)CCO1. The molecule has 9 heteroatoms. The van der Waals surface area contributed by atoms with Gasteiger partial charge in [0.2, 0.25) is 10.0 Å². The van der Waals surface area contributed by atoms with E-state index in [0.29, 0.717) is 0 Å². The van der Waals surface area contributed by atoms with Gasteiger partial charge in [-0.3, -0.25) is 9.59 Å². The number of nitrogens with zero attached hydrogens (tertiary/aromatic N) is 1. The molecule has 1 N–H and O–H groups in total. The molecule has 1 heterocycles. The fourth-order valence-electron chi connectivity index (χ4n) is 1.67. The number of carbonyl (C=O) groups excluding carboxylic acids is 1. The van der Waals surface area contributed by atoms with Crippen LogP contribution in [0.4, 0.5) is 0 Å². The Morgan fingerprint density at radius 2 is 2.16 bits per heavy atom. The van der Waals surface area contributed by atoms with Gasteiger partial charge in [-0.25, -0.2) is 8.42 Å². The Morgan fingerprint density at radius 3 is 2.68 bits per heavy atom. The van der Waals surface area contributed by atoms with Crippen LogP contribution in [-0.4, -0.2) is 67.9 Å². The van der Waals surface area contributed by atoms with Crippen LogP contribution in [0.5, 0.6) is 0 Å². The van der Waals surface area contributed by atoms with Gasteiger partial charge in [-0.15, -0.1) is 0 Å². The first-order chi connectivity index (χ1) is 8.78. The van der Waals surface area contributed by atoms with E-state index in [1.165, 1.54) is 7.11 Å². The lowest BCUT2D eigenvalue weighted by molar-refractivity contribution is -0.145. The predicted octanol–water partition coefficient (Wildman–Crippen LogP) is -0.947. The second-order valence-corrected chi connectivity index (χ2v) is 6.41. The van der Waals surface area contributed by atoms with Crippen molar-refractivity contribution in [3.05, 3.63) is 0 Å². The second-order valence-electron chi connectivity index (χ2n) is 4.16. The maximum absolute atomic E-state index is 12.0. The van der Waals surface area contributed by atoms with Gasteiger partial charge < -0.3 is 14.6 Å². The van der Waals surface area contributed by atoms with Crippen molar-refractivity contribution >= 4 is 22.0 Å². The lowest BCUT2D eigenvalue weighted by Crippen LogP contribution is -2.50. The Bertz CT molecular complexity index is 447. The molecular weight excluding hydrogens is 278 g/mol. The summed E-state index contributed by atoms with van der Waals surface area (Å²) in [6.07, 6.45) is -0.679. The number of hydrogen-bond donors (Lipinski definition) is 1. The molecule has 0 amide bonds. The summed E-state index contributed by atoms with van der Waals surface area (Å²) in [5, 5.41) is 7.26. The van der Waals surface area contributed by atoms with Crippen molar-refractivity contribution in [3.8, 4) is 0 Å². The number of carboxylic acids is 1. The normalized spacial score (nSPS) is 22.7. The van der Waals surface area contributed by atoms with E-state index in [2.05, 4.69) is 4.74 Å². The molecule has 0 aromatic rings. The monoisotopic (exact) mass is 295 g/mol. The minimum Gasteiger partial charge on any atom is -0.480 e. The van der Waals surface area contributed by atoms with Gasteiger partial charge in [-0.1, -0.05) is 0 Å². The van der Waals surface area contributed by atoms with Gasteiger partial charge in [-0.2, -0.15) is 4.31 Å². The fourth-order valence-corrected chi connectivity index (χ4v) is 3.07. The number of morpholine rings is 1. The second kappa shape index (κ2) is 6.31. The van der Waals surface area contributed by atoms with Crippen LogP contribution in [0.25, 0.3) is 0 Å². The fraction of sp³-hybridized carbons (Fsp3) is 0.800. The Labute approximate surface area is 111 Å². The van der Waals surface area contributed by atoms with Gasteiger partial charge in [0, 0.05) is 13.1 Å². The summed E-state index contributed by atoms with van der Waals surface area (Å²) in [6.45, 7) is 1.27. The number of carbonyl (C=O) groups is 2. The lowest BCUT2D eigenvalue weighted by atomic mass is 10.2. The van der Waals surface area contributed by atoms with Gasteiger partial charge in [0.05, 0.1) is 26.2 Å². The summed E-state index contributed by atoms with van der Waals surface area (Å²) >= 11 is 0. The van der Waals surface area contributed by atoms with Crippen molar-refractivity contribution in [2.75, 3.05) is 26.8 Å². The first-order valence-corrected chi connectivity index (χ1v) is 7.19. The summed E-state index contributed by atoms with van der Waals surface area (Å²) in [4.78, 5) is 21.9. The molecule has 1 aliphatic rings. The predicted molar refractivity (Wildman–Crippen MR) is 64.0 cm³/mol. The molecule has 2 unspecified atom stereocenters. The summed E-state index contributed by atoms with van der Waals surface area (Å²) in [6, 6.07) is 0. The van der Waals surface area contributed by atoms with E-state index in [1.54, 1.807) is 0 Å². The molecule has 0 radical (unpaired) electrons. The van der Waals surface area contributed by atoms with Crippen LogP contribution >= 0.6 is 0 Å². The first-order valence-electron chi connectivity index (χ1n) is 5.69. The number of esters is 1. The van der Waals surface area contributed by atoms with Crippen molar-refractivity contribution in [1.82, 2.24) is 4.31 Å². The molecule has 0 aliphatic carbocycles. The first kappa shape index (κ1) is 15.9. The van der Waals surface area contributed by atoms with Gasteiger partial charge in [0.15, 0.2) is 5.25 Å². The number of aliphatic carboxylic acids is 1. The number of ether oxygens (including phenoxy) is 2. The quantitative estimate of drug-likeness (QED) is 0.651. The third-order valence-corrected chi connectivity index (χ3v) is 5.02. The average molecular weight is 295 g/mol. The van der Waals surface area contributed by atoms with E-state index >= 15 is 0 Å².